The van der Waals surface area contributed by atoms with Crippen molar-refractivity contribution in [3.05, 3.63) is 34.5 Å². The van der Waals surface area contributed by atoms with Gasteiger partial charge in [-0.25, -0.2) is 9.79 Å². The standard InChI is InChI=1S/C16H21N7O4S/c1-9(4-5-17)20-15-22-23-16(28-15)21-13(24)11-8-10(19-7-6-18-2)12(26-3)14(25)27-11/h4-5,8,18-19H,6-7,17H2,1-3H3,(H,21,23,24)/b5-4-,20-9+. The molecule has 0 aliphatic carbocycles. The Labute approximate surface area is 164 Å². The molecular formula is C16H21N7O4S. The third-order valence-electron chi connectivity index (χ3n) is 3.27. The second-order valence-corrected chi connectivity index (χ2v) is 6.29. The average Bonchev–Trinajstić information content (AvgIpc) is 3.08. The molecule has 2 heterocycles. The Morgan fingerprint density at radius 1 is 1.43 bits per heavy atom. The summed E-state index contributed by atoms with van der Waals surface area (Å²) < 4.78 is 10.1. The number of methoxy groups -OCH3 is 1. The number of amides is 1. The van der Waals surface area contributed by atoms with E-state index in [9.17, 15) is 9.59 Å². The van der Waals surface area contributed by atoms with Crippen LogP contribution in [0.2, 0.25) is 0 Å². The first-order valence-electron chi connectivity index (χ1n) is 8.17. The molecule has 2 rings (SSSR count). The number of aromatic nitrogens is 2. The molecule has 2 aromatic rings. The zero-order chi connectivity index (χ0) is 20.5. The minimum Gasteiger partial charge on any atom is -0.488 e. The van der Waals surface area contributed by atoms with Crippen LogP contribution in [-0.4, -0.2) is 49.1 Å². The lowest BCUT2D eigenvalue weighted by atomic mass is 10.3. The van der Waals surface area contributed by atoms with Gasteiger partial charge in [0, 0.05) is 24.9 Å². The number of likely N-dealkylation sites (N-methyl/N-ethyl adjacent to an activating group) is 1. The summed E-state index contributed by atoms with van der Waals surface area (Å²) in [6.07, 6.45) is 2.96. The second kappa shape index (κ2) is 10.2. The molecule has 0 radical (unpaired) electrons. The van der Waals surface area contributed by atoms with E-state index >= 15 is 0 Å². The second-order valence-electron chi connectivity index (χ2n) is 5.33. The van der Waals surface area contributed by atoms with Crippen molar-refractivity contribution in [2.45, 2.75) is 6.92 Å². The van der Waals surface area contributed by atoms with Crippen LogP contribution in [0.3, 0.4) is 0 Å². The molecule has 0 atom stereocenters. The summed E-state index contributed by atoms with van der Waals surface area (Å²) in [6.45, 7) is 2.92. The number of aliphatic imine (C=N–C) groups is 1. The van der Waals surface area contributed by atoms with Gasteiger partial charge in [0.15, 0.2) is 5.76 Å². The Bertz CT molecular complexity index is 935. The molecule has 12 heteroatoms. The van der Waals surface area contributed by atoms with Gasteiger partial charge in [-0.15, -0.1) is 10.2 Å². The maximum absolute atomic E-state index is 12.4. The molecule has 28 heavy (non-hydrogen) atoms. The Morgan fingerprint density at radius 2 is 2.21 bits per heavy atom. The van der Waals surface area contributed by atoms with Crippen molar-refractivity contribution < 1.29 is 13.9 Å². The van der Waals surface area contributed by atoms with Crippen molar-refractivity contribution in [1.29, 1.82) is 0 Å². The van der Waals surface area contributed by atoms with Gasteiger partial charge in [0.05, 0.1) is 12.8 Å². The van der Waals surface area contributed by atoms with Gasteiger partial charge in [0.2, 0.25) is 16.0 Å². The highest BCUT2D eigenvalue weighted by atomic mass is 32.1. The van der Waals surface area contributed by atoms with E-state index in [0.29, 0.717) is 29.6 Å². The lowest BCUT2D eigenvalue weighted by molar-refractivity contribution is 0.0991. The van der Waals surface area contributed by atoms with E-state index in [1.165, 1.54) is 19.4 Å². The van der Waals surface area contributed by atoms with Gasteiger partial charge in [-0.1, -0.05) is 11.3 Å². The first-order valence-corrected chi connectivity index (χ1v) is 8.99. The van der Waals surface area contributed by atoms with Crippen LogP contribution in [0.4, 0.5) is 16.0 Å². The van der Waals surface area contributed by atoms with Crippen molar-refractivity contribution in [2.75, 3.05) is 37.9 Å². The van der Waals surface area contributed by atoms with Crippen LogP contribution < -0.4 is 32.0 Å². The number of anilines is 2. The molecule has 150 valence electrons. The molecule has 1 amide bonds. The van der Waals surface area contributed by atoms with Crippen LogP contribution in [0.5, 0.6) is 5.75 Å². The predicted molar refractivity (Wildman–Crippen MR) is 108 cm³/mol. The van der Waals surface area contributed by atoms with Crippen molar-refractivity contribution >= 4 is 38.9 Å². The van der Waals surface area contributed by atoms with Gasteiger partial charge >= 0.3 is 5.63 Å². The maximum Gasteiger partial charge on any atom is 0.381 e. The first-order chi connectivity index (χ1) is 13.5. The number of nitrogens with zero attached hydrogens (tertiary/aromatic N) is 3. The Hall–Kier alpha value is -3.25. The molecule has 0 aromatic carbocycles. The zero-order valence-corrected chi connectivity index (χ0v) is 16.4. The van der Waals surface area contributed by atoms with Crippen LogP contribution in [-0.2, 0) is 0 Å². The van der Waals surface area contributed by atoms with E-state index in [1.807, 2.05) is 0 Å². The van der Waals surface area contributed by atoms with Gasteiger partial charge in [-0.2, -0.15) is 0 Å². The number of nitrogens with one attached hydrogen (secondary N) is 3. The molecule has 0 saturated carbocycles. The third-order valence-corrected chi connectivity index (χ3v) is 4.00. The smallest absolute Gasteiger partial charge is 0.381 e. The summed E-state index contributed by atoms with van der Waals surface area (Å²) in [7, 11) is 3.14. The number of nitrogens with two attached hydrogens (primary N) is 1. The Balaban J connectivity index is 2.19. The minimum atomic E-state index is -0.770. The first kappa shape index (κ1) is 21.1. The highest BCUT2D eigenvalue weighted by molar-refractivity contribution is 7.18. The molecule has 2 aromatic heterocycles. The lowest BCUT2D eigenvalue weighted by Crippen LogP contribution is -2.21. The minimum absolute atomic E-state index is 0.0105. The fourth-order valence-corrected chi connectivity index (χ4v) is 2.71. The Morgan fingerprint density at radius 3 is 2.89 bits per heavy atom. The van der Waals surface area contributed by atoms with Crippen LogP contribution in [0.25, 0.3) is 0 Å². The number of hydrogen-bond donors (Lipinski definition) is 4. The molecule has 0 spiro atoms. The summed E-state index contributed by atoms with van der Waals surface area (Å²) in [6, 6.07) is 1.39. The van der Waals surface area contributed by atoms with Crippen LogP contribution in [0.15, 0.2) is 32.5 Å². The normalized spacial score (nSPS) is 11.6. The molecule has 11 nitrogen and oxygen atoms in total. The van der Waals surface area contributed by atoms with E-state index < -0.39 is 11.5 Å². The maximum atomic E-state index is 12.4. The largest absolute Gasteiger partial charge is 0.488 e. The van der Waals surface area contributed by atoms with Gasteiger partial charge in [0.1, 0.15) is 0 Å². The lowest BCUT2D eigenvalue weighted by Gasteiger charge is -2.10. The summed E-state index contributed by atoms with van der Waals surface area (Å²) in [5.74, 6) is -0.856. The number of allylic oxidation sites excluding steroid dienone is 1. The van der Waals surface area contributed by atoms with Crippen molar-refractivity contribution in [3.8, 4) is 5.75 Å². The molecular weight excluding hydrogens is 386 g/mol. The summed E-state index contributed by atoms with van der Waals surface area (Å²) in [5, 5.41) is 16.7. The van der Waals surface area contributed by atoms with E-state index in [-0.39, 0.29) is 16.6 Å². The van der Waals surface area contributed by atoms with Crippen molar-refractivity contribution in [3.63, 3.8) is 0 Å². The fraction of sp³-hybridized carbons (Fsp3) is 0.312. The fourth-order valence-electron chi connectivity index (χ4n) is 2.04. The van der Waals surface area contributed by atoms with Gasteiger partial charge in [-0.05, 0) is 26.2 Å². The number of rotatable bonds is 9. The number of hydrogen-bond acceptors (Lipinski definition) is 11. The summed E-state index contributed by atoms with van der Waals surface area (Å²) >= 11 is 1.06. The van der Waals surface area contributed by atoms with E-state index in [2.05, 4.69) is 31.1 Å². The van der Waals surface area contributed by atoms with Gasteiger partial charge < -0.3 is 25.5 Å². The zero-order valence-electron chi connectivity index (χ0n) is 15.6. The summed E-state index contributed by atoms with van der Waals surface area (Å²) in [4.78, 5) is 28.7. The number of ether oxygens (including phenoxy) is 1. The topological polar surface area (TPSA) is 157 Å². The Kier molecular flexibility index (Phi) is 7.65. The highest BCUT2D eigenvalue weighted by Crippen LogP contribution is 2.25. The predicted octanol–water partition coefficient (Wildman–Crippen LogP) is 0.948. The molecule has 5 N–H and O–H groups in total. The van der Waals surface area contributed by atoms with Crippen LogP contribution in [0, 0.1) is 0 Å². The molecule has 0 aliphatic heterocycles. The average molecular weight is 407 g/mol. The molecule has 0 aliphatic rings. The van der Waals surface area contributed by atoms with E-state index in [0.717, 1.165) is 11.3 Å². The number of carbonyl (C=O) groups is 1. The van der Waals surface area contributed by atoms with E-state index in [1.54, 1.807) is 20.0 Å². The van der Waals surface area contributed by atoms with Gasteiger partial charge in [-0.3, -0.25) is 10.1 Å². The van der Waals surface area contributed by atoms with E-state index in [4.69, 9.17) is 14.9 Å². The molecule has 0 bridgehead atoms. The van der Waals surface area contributed by atoms with Crippen molar-refractivity contribution in [2.24, 2.45) is 10.7 Å². The van der Waals surface area contributed by atoms with Crippen LogP contribution >= 0.6 is 11.3 Å². The monoisotopic (exact) mass is 407 g/mol. The highest BCUT2D eigenvalue weighted by Gasteiger charge is 2.18. The molecule has 0 saturated heterocycles. The molecule has 0 unspecified atom stereocenters. The number of carbonyl (C=O) groups excluding carboxylic acids is 1. The van der Waals surface area contributed by atoms with Crippen molar-refractivity contribution in [1.82, 2.24) is 15.5 Å². The SMILES string of the molecule is CNCCNc1cc(C(=O)Nc2nnc(/N=C(C)/C=C\N)s2)oc(=O)c1OC. The van der Waals surface area contributed by atoms with Gasteiger partial charge in [0.25, 0.3) is 5.91 Å². The third kappa shape index (κ3) is 5.62. The summed E-state index contributed by atoms with van der Waals surface area (Å²) in [5.41, 5.74) is 5.51. The van der Waals surface area contributed by atoms with Crippen LogP contribution in [0.1, 0.15) is 17.5 Å². The quantitative estimate of drug-likeness (QED) is 0.351. The molecule has 0 fully saturated rings.